The zero-order valence-corrected chi connectivity index (χ0v) is 15.5. The van der Waals surface area contributed by atoms with E-state index in [-0.39, 0.29) is 0 Å². The molecule has 0 aliphatic heterocycles. The molecule has 2 nitrogen and oxygen atoms in total. The van der Waals surface area contributed by atoms with Gasteiger partial charge in [0.05, 0.1) is 12.0 Å². The normalized spacial score (nSPS) is 11.0. The van der Waals surface area contributed by atoms with Crippen LogP contribution in [0.15, 0.2) is 59.1 Å². The Morgan fingerprint density at radius 2 is 1.70 bits per heavy atom. The quantitative estimate of drug-likeness (QED) is 0.392. The Labute approximate surface area is 150 Å². The molecule has 0 aliphatic rings. The molecule has 0 N–H and O–H groups in total. The summed E-state index contributed by atoms with van der Waals surface area (Å²) in [5.74, 6) is 0. The van der Waals surface area contributed by atoms with E-state index in [2.05, 4.69) is 52.3 Å². The summed E-state index contributed by atoms with van der Waals surface area (Å²) in [5, 5.41) is 3.03. The molecule has 2 aromatic carbocycles. The van der Waals surface area contributed by atoms with Gasteiger partial charge in [0.2, 0.25) is 5.06 Å². The fourth-order valence-electron chi connectivity index (χ4n) is 2.46. The second-order valence-corrected chi connectivity index (χ2v) is 7.77. The Bertz CT molecular complexity index is 975. The van der Waals surface area contributed by atoms with Gasteiger partial charge in [-0.1, -0.05) is 59.9 Å². The summed E-state index contributed by atoms with van der Waals surface area (Å²) in [7, 11) is 1.70. The Kier molecular flexibility index (Phi) is 3.93. The number of aromatic nitrogens is 1. The van der Waals surface area contributed by atoms with E-state index in [9.17, 15) is 0 Å². The summed E-state index contributed by atoms with van der Waals surface area (Å²) in [5.41, 5.74) is 2.02. The largest absolute Gasteiger partial charge is 0.486 e. The molecule has 0 unspecified atom stereocenters. The Morgan fingerprint density at radius 1 is 0.957 bits per heavy atom. The Balaban J connectivity index is 1.91. The fourth-order valence-corrected chi connectivity index (χ4v) is 5.41. The van der Waals surface area contributed by atoms with E-state index in [1.54, 1.807) is 29.8 Å². The van der Waals surface area contributed by atoms with E-state index < -0.39 is 0 Å². The molecule has 0 bridgehead atoms. The summed E-state index contributed by atoms with van der Waals surface area (Å²) in [6.45, 7) is 0. The summed E-state index contributed by atoms with van der Waals surface area (Å²) in [4.78, 5) is 5.96. The number of rotatable bonds is 3. The van der Waals surface area contributed by atoms with Crippen molar-refractivity contribution in [1.29, 1.82) is 0 Å². The summed E-state index contributed by atoms with van der Waals surface area (Å²) in [6, 6.07) is 18.6. The Morgan fingerprint density at radius 3 is 2.43 bits per heavy atom. The molecule has 0 radical (unpaired) electrons. The van der Waals surface area contributed by atoms with Crippen LogP contribution in [0.25, 0.3) is 31.2 Å². The first-order chi connectivity index (χ1) is 11.3. The lowest BCUT2D eigenvalue weighted by Crippen LogP contribution is -1.82. The molecule has 2 heterocycles. The maximum Gasteiger partial charge on any atom is 0.203 e. The first kappa shape index (κ1) is 14.9. The number of hydrogen-bond acceptors (Lipinski definition) is 4. The average Bonchev–Trinajstić information content (AvgIpc) is 3.17. The molecule has 2 aromatic heterocycles. The van der Waals surface area contributed by atoms with Gasteiger partial charge in [0.15, 0.2) is 0 Å². The van der Waals surface area contributed by atoms with E-state index in [0.717, 1.165) is 30.7 Å². The van der Waals surface area contributed by atoms with Gasteiger partial charge in [-0.3, -0.25) is 0 Å². The molecular weight excluding hydrogens is 390 g/mol. The molecule has 0 amide bonds. The molecule has 0 saturated heterocycles. The van der Waals surface area contributed by atoms with Gasteiger partial charge in [0, 0.05) is 20.1 Å². The number of methoxy groups -OCH3 is 1. The number of benzene rings is 2. The predicted molar refractivity (Wildman–Crippen MR) is 103 cm³/mol. The van der Waals surface area contributed by atoms with Gasteiger partial charge >= 0.3 is 0 Å². The molecule has 4 rings (SSSR count). The number of halogens is 1. The van der Waals surface area contributed by atoms with E-state index in [1.165, 1.54) is 10.1 Å². The average molecular weight is 402 g/mol. The molecule has 0 aliphatic carbocycles. The molecule has 114 valence electrons. The highest BCUT2D eigenvalue weighted by molar-refractivity contribution is 9.10. The highest BCUT2D eigenvalue weighted by atomic mass is 79.9. The smallest absolute Gasteiger partial charge is 0.203 e. The van der Waals surface area contributed by atoms with Crippen molar-refractivity contribution in [3.05, 3.63) is 59.1 Å². The van der Waals surface area contributed by atoms with E-state index in [4.69, 9.17) is 9.72 Å². The number of thiophene rings is 1. The van der Waals surface area contributed by atoms with Crippen molar-refractivity contribution in [2.45, 2.75) is 0 Å². The van der Waals surface area contributed by atoms with E-state index >= 15 is 0 Å². The molecule has 0 spiro atoms. The summed E-state index contributed by atoms with van der Waals surface area (Å²) >= 11 is 7.05. The van der Waals surface area contributed by atoms with Gasteiger partial charge in [0.1, 0.15) is 10.7 Å². The number of thiazole rings is 1. The summed E-state index contributed by atoms with van der Waals surface area (Å²) in [6.07, 6.45) is 0. The van der Waals surface area contributed by atoms with Crippen LogP contribution in [0.5, 0.6) is 5.06 Å². The van der Waals surface area contributed by atoms with Gasteiger partial charge in [0.25, 0.3) is 0 Å². The van der Waals surface area contributed by atoms with Crippen LogP contribution >= 0.6 is 38.6 Å². The lowest BCUT2D eigenvalue weighted by molar-refractivity contribution is 0.428. The highest BCUT2D eigenvalue weighted by Gasteiger charge is 2.20. The van der Waals surface area contributed by atoms with Crippen molar-refractivity contribution in [3.63, 3.8) is 0 Å². The minimum atomic E-state index is 0.844. The van der Waals surface area contributed by atoms with Crippen molar-refractivity contribution >= 4 is 48.7 Å². The van der Waals surface area contributed by atoms with E-state index in [0.29, 0.717) is 0 Å². The van der Waals surface area contributed by atoms with Crippen molar-refractivity contribution < 1.29 is 4.74 Å². The standard InChI is InChI=1S/C18H12BrNOS2/c1-21-18-15(20-17(23-18)11-7-3-2-4-8-11)16-14(19)12-9-5-6-10-13(12)22-16/h2-10H,1H3. The second-order valence-electron chi connectivity index (χ2n) is 4.97. The SMILES string of the molecule is COc1sc(-c2ccccc2)nc1-c1sc2ccccc2c1Br. The zero-order chi connectivity index (χ0) is 15.8. The maximum atomic E-state index is 5.59. The lowest BCUT2D eigenvalue weighted by atomic mass is 10.2. The third-order valence-corrected chi connectivity index (χ3v) is 6.88. The van der Waals surface area contributed by atoms with Gasteiger partial charge < -0.3 is 4.74 Å². The number of fused-ring (bicyclic) bond motifs is 1. The summed E-state index contributed by atoms with van der Waals surface area (Å²) < 4.78 is 7.92. The molecule has 0 saturated carbocycles. The molecular formula is C18H12BrNOS2. The van der Waals surface area contributed by atoms with Crippen LogP contribution < -0.4 is 4.74 Å². The molecule has 4 aromatic rings. The third kappa shape index (κ3) is 2.59. The van der Waals surface area contributed by atoms with Crippen molar-refractivity contribution in [3.8, 4) is 26.2 Å². The second kappa shape index (κ2) is 6.07. The van der Waals surface area contributed by atoms with Crippen LogP contribution in [-0.2, 0) is 0 Å². The van der Waals surface area contributed by atoms with Gasteiger partial charge in [-0.2, -0.15) is 0 Å². The highest BCUT2D eigenvalue weighted by Crippen LogP contribution is 2.47. The number of nitrogens with zero attached hydrogens (tertiary/aromatic N) is 1. The minimum absolute atomic E-state index is 0.844. The topological polar surface area (TPSA) is 22.1 Å². The number of hydrogen-bond donors (Lipinski definition) is 0. The van der Waals surface area contributed by atoms with Crippen LogP contribution in [0.1, 0.15) is 0 Å². The van der Waals surface area contributed by atoms with Crippen LogP contribution in [0.2, 0.25) is 0 Å². The van der Waals surface area contributed by atoms with E-state index in [1.807, 2.05) is 18.2 Å². The van der Waals surface area contributed by atoms with Crippen LogP contribution in [0.4, 0.5) is 0 Å². The van der Waals surface area contributed by atoms with Crippen molar-refractivity contribution in [2.75, 3.05) is 7.11 Å². The maximum absolute atomic E-state index is 5.59. The Hall–Kier alpha value is -1.69. The minimum Gasteiger partial charge on any atom is -0.486 e. The first-order valence-corrected chi connectivity index (χ1v) is 9.48. The van der Waals surface area contributed by atoms with Crippen LogP contribution in [0.3, 0.4) is 0 Å². The van der Waals surface area contributed by atoms with Gasteiger partial charge in [-0.05, 0) is 22.0 Å². The van der Waals surface area contributed by atoms with Gasteiger partial charge in [-0.25, -0.2) is 4.98 Å². The monoisotopic (exact) mass is 401 g/mol. The zero-order valence-electron chi connectivity index (χ0n) is 12.2. The molecule has 23 heavy (non-hydrogen) atoms. The van der Waals surface area contributed by atoms with Crippen molar-refractivity contribution in [1.82, 2.24) is 4.98 Å². The molecule has 5 heteroatoms. The first-order valence-electron chi connectivity index (χ1n) is 7.05. The molecule has 0 atom stereocenters. The number of ether oxygens (including phenoxy) is 1. The lowest BCUT2D eigenvalue weighted by Gasteiger charge is -1.98. The van der Waals surface area contributed by atoms with Crippen molar-refractivity contribution in [2.24, 2.45) is 0 Å². The molecule has 0 fully saturated rings. The van der Waals surface area contributed by atoms with Crippen LogP contribution in [0, 0.1) is 0 Å². The van der Waals surface area contributed by atoms with Gasteiger partial charge in [-0.15, -0.1) is 11.3 Å². The fraction of sp³-hybridized carbons (Fsp3) is 0.0556. The predicted octanol–water partition coefficient (Wildman–Crippen LogP) is 6.46. The third-order valence-electron chi connectivity index (χ3n) is 3.55. The van der Waals surface area contributed by atoms with Crippen LogP contribution in [-0.4, -0.2) is 12.1 Å².